The summed E-state index contributed by atoms with van der Waals surface area (Å²) < 4.78 is 5.03. The lowest BCUT2D eigenvalue weighted by atomic mass is 10.1. The van der Waals surface area contributed by atoms with Crippen molar-refractivity contribution in [3.8, 4) is 11.5 Å². The number of rotatable bonds is 5. The van der Waals surface area contributed by atoms with E-state index in [1.54, 1.807) is 61.8 Å². The molecule has 2 aromatic carbocycles. The molecule has 0 aliphatic carbocycles. The van der Waals surface area contributed by atoms with Gasteiger partial charge in [-0.05, 0) is 36.4 Å². The number of carbonyl (C=O) groups is 1. The molecule has 102 valence electrons. The monoisotopic (exact) mass is 269 g/mol. The van der Waals surface area contributed by atoms with Gasteiger partial charge in [0.05, 0.1) is 7.11 Å². The summed E-state index contributed by atoms with van der Waals surface area (Å²) in [4.78, 5) is 11.9. The van der Waals surface area contributed by atoms with Gasteiger partial charge in [-0.25, -0.2) is 0 Å². The summed E-state index contributed by atoms with van der Waals surface area (Å²) in [7, 11) is 1.58. The van der Waals surface area contributed by atoms with Crippen LogP contribution in [0.5, 0.6) is 11.5 Å². The fourth-order valence-electron chi connectivity index (χ4n) is 1.66. The summed E-state index contributed by atoms with van der Waals surface area (Å²) in [5.74, 6) is 0.772. The highest BCUT2D eigenvalue weighted by atomic mass is 16.5. The normalized spacial score (nSPS) is 10.4. The number of carbonyl (C=O) groups excluding carboxylic acids is 1. The molecule has 2 N–H and O–H groups in total. The summed E-state index contributed by atoms with van der Waals surface area (Å²) in [6, 6.07) is 13.6. The zero-order valence-corrected chi connectivity index (χ0v) is 11.0. The zero-order valence-electron chi connectivity index (χ0n) is 11.0. The number of nitrogens with one attached hydrogen (secondary N) is 1. The van der Waals surface area contributed by atoms with E-state index < -0.39 is 0 Å². The fourth-order valence-corrected chi connectivity index (χ4v) is 1.66. The highest BCUT2D eigenvalue weighted by molar-refractivity contribution is 6.04. The van der Waals surface area contributed by atoms with Crippen LogP contribution in [0.3, 0.4) is 0 Å². The number of hydrogen-bond donors (Lipinski definition) is 2. The second kappa shape index (κ2) is 6.43. The van der Waals surface area contributed by atoms with Crippen molar-refractivity contribution < 1.29 is 14.6 Å². The molecule has 0 saturated heterocycles. The van der Waals surface area contributed by atoms with Gasteiger partial charge >= 0.3 is 0 Å². The number of anilines is 1. The van der Waals surface area contributed by atoms with Gasteiger partial charge in [-0.1, -0.05) is 6.07 Å². The predicted octanol–water partition coefficient (Wildman–Crippen LogP) is 3.21. The van der Waals surface area contributed by atoms with Gasteiger partial charge in [0.1, 0.15) is 11.5 Å². The Bertz CT molecular complexity index is 618. The van der Waals surface area contributed by atoms with Crippen molar-refractivity contribution in [3.05, 3.63) is 66.4 Å². The number of phenols is 1. The molecule has 0 saturated carbocycles. The van der Waals surface area contributed by atoms with Gasteiger partial charge in [0.2, 0.25) is 0 Å². The van der Waals surface area contributed by atoms with Crippen LogP contribution in [0, 0.1) is 0 Å². The Morgan fingerprint density at radius 3 is 2.60 bits per heavy atom. The quantitative estimate of drug-likeness (QED) is 0.646. The minimum absolute atomic E-state index is 0.111. The maximum Gasteiger partial charge on any atom is 0.187 e. The van der Waals surface area contributed by atoms with Crippen molar-refractivity contribution in [1.82, 2.24) is 0 Å². The van der Waals surface area contributed by atoms with Crippen LogP contribution in [0.2, 0.25) is 0 Å². The number of methoxy groups -OCH3 is 1. The third kappa shape index (κ3) is 3.62. The van der Waals surface area contributed by atoms with Gasteiger partial charge in [-0.15, -0.1) is 0 Å². The van der Waals surface area contributed by atoms with E-state index in [1.807, 2.05) is 0 Å². The molecular formula is C16H15NO3. The molecule has 0 amide bonds. The molecule has 0 bridgehead atoms. The molecule has 0 unspecified atom stereocenters. The zero-order chi connectivity index (χ0) is 14.4. The highest BCUT2D eigenvalue weighted by Gasteiger charge is 2.01. The average molecular weight is 269 g/mol. The van der Waals surface area contributed by atoms with Crippen molar-refractivity contribution in [2.45, 2.75) is 0 Å². The summed E-state index contributed by atoms with van der Waals surface area (Å²) in [5.41, 5.74) is 1.29. The van der Waals surface area contributed by atoms with Gasteiger partial charge in [-0.2, -0.15) is 0 Å². The van der Waals surface area contributed by atoms with E-state index in [-0.39, 0.29) is 11.5 Å². The van der Waals surface area contributed by atoms with Crippen LogP contribution in [-0.2, 0) is 0 Å². The van der Waals surface area contributed by atoms with E-state index >= 15 is 0 Å². The third-order valence-corrected chi connectivity index (χ3v) is 2.71. The Morgan fingerprint density at radius 2 is 1.95 bits per heavy atom. The van der Waals surface area contributed by atoms with Crippen molar-refractivity contribution in [3.63, 3.8) is 0 Å². The Labute approximate surface area is 117 Å². The van der Waals surface area contributed by atoms with Crippen LogP contribution in [0.15, 0.2) is 60.8 Å². The number of hydrogen-bond acceptors (Lipinski definition) is 4. The molecule has 20 heavy (non-hydrogen) atoms. The van der Waals surface area contributed by atoms with Crippen LogP contribution in [0.4, 0.5) is 5.69 Å². The lowest BCUT2D eigenvalue weighted by Gasteiger charge is -2.01. The van der Waals surface area contributed by atoms with Crippen LogP contribution >= 0.6 is 0 Å². The Morgan fingerprint density at radius 1 is 1.20 bits per heavy atom. The Kier molecular flexibility index (Phi) is 4.39. The number of ether oxygens (including phenoxy) is 1. The second-order valence-corrected chi connectivity index (χ2v) is 4.12. The molecule has 0 aliphatic rings. The average Bonchev–Trinajstić information content (AvgIpc) is 2.47. The molecule has 0 aromatic heterocycles. The SMILES string of the molecule is COc1ccc(C(=O)/C=C/Nc2cccc(O)c2)cc1. The minimum Gasteiger partial charge on any atom is -0.508 e. The first-order valence-electron chi connectivity index (χ1n) is 6.09. The fraction of sp³-hybridized carbons (Fsp3) is 0.0625. The number of aromatic hydroxyl groups is 1. The molecule has 0 fully saturated rings. The number of allylic oxidation sites excluding steroid dienone is 1. The molecule has 0 radical (unpaired) electrons. The van der Waals surface area contributed by atoms with Crippen molar-refractivity contribution in [2.75, 3.05) is 12.4 Å². The van der Waals surface area contributed by atoms with Gasteiger partial charge in [0.15, 0.2) is 5.78 Å². The van der Waals surface area contributed by atoms with Crippen LogP contribution in [0.1, 0.15) is 10.4 Å². The predicted molar refractivity (Wildman–Crippen MR) is 78.2 cm³/mol. The minimum atomic E-state index is -0.111. The van der Waals surface area contributed by atoms with E-state index in [0.29, 0.717) is 17.0 Å². The van der Waals surface area contributed by atoms with Gasteiger partial charge in [-0.3, -0.25) is 4.79 Å². The first kappa shape index (κ1) is 13.7. The van der Waals surface area contributed by atoms with Crippen LogP contribution in [-0.4, -0.2) is 18.0 Å². The maximum atomic E-state index is 11.9. The maximum absolute atomic E-state index is 11.9. The Balaban J connectivity index is 1.98. The molecule has 0 aliphatic heterocycles. The lowest BCUT2D eigenvalue weighted by Crippen LogP contribution is -1.96. The third-order valence-electron chi connectivity index (χ3n) is 2.71. The van der Waals surface area contributed by atoms with E-state index in [1.165, 1.54) is 6.08 Å². The number of benzene rings is 2. The molecule has 0 heterocycles. The summed E-state index contributed by atoms with van der Waals surface area (Å²) in [6.07, 6.45) is 2.98. The molecule has 0 spiro atoms. The molecule has 2 aromatic rings. The van der Waals surface area contributed by atoms with Gasteiger partial charge in [0, 0.05) is 29.6 Å². The summed E-state index contributed by atoms with van der Waals surface area (Å²) in [6.45, 7) is 0. The second-order valence-electron chi connectivity index (χ2n) is 4.12. The Hall–Kier alpha value is -2.75. The number of ketones is 1. The molecule has 2 rings (SSSR count). The van der Waals surface area contributed by atoms with E-state index in [4.69, 9.17) is 4.74 Å². The van der Waals surface area contributed by atoms with E-state index in [0.717, 1.165) is 0 Å². The van der Waals surface area contributed by atoms with Gasteiger partial charge < -0.3 is 15.2 Å². The summed E-state index contributed by atoms with van der Waals surface area (Å²) in [5, 5.41) is 12.2. The molecule has 0 atom stereocenters. The van der Waals surface area contributed by atoms with Crippen molar-refractivity contribution in [2.24, 2.45) is 0 Å². The highest BCUT2D eigenvalue weighted by Crippen LogP contribution is 2.15. The first-order chi connectivity index (χ1) is 9.69. The topological polar surface area (TPSA) is 58.6 Å². The van der Waals surface area contributed by atoms with Crippen LogP contribution < -0.4 is 10.1 Å². The molecular weight excluding hydrogens is 254 g/mol. The van der Waals surface area contributed by atoms with Crippen molar-refractivity contribution >= 4 is 11.5 Å². The standard InChI is InChI=1S/C16H15NO3/c1-20-15-7-5-12(6-8-15)16(19)9-10-17-13-3-2-4-14(18)11-13/h2-11,17-18H,1H3/b10-9+. The van der Waals surface area contributed by atoms with Crippen molar-refractivity contribution in [1.29, 1.82) is 0 Å². The lowest BCUT2D eigenvalue weighted by molar-refractivity contribution is 0.104. The van der Waals surface area contributed by atoms with E-state index in [9.17, 15) is 9.90 Å². The van der Waals surface area contributed by atoms with Gasteiger partial charge in [0.25, 0.3) is 0 Å². The first-order valence-corrected chi connectivity index (χ1v) is 6.09. The largest absolute Gasteiger partial charge is 0.508 e. The van der Waals surface area contributed by atoms with E-state index in [2.05, 4.69) is 5.32 Å². The smallest absolute Gasteiger partial charge is 0.187 e. The number of phenolic OH excluding ortho intramolecular Hbond substituents is 1. The van der Waals surface area contributed by atoms with Crippen LogP contribution in [0.25, 0.3) is 0 Å². The molecule has 4 heteroatoms. The molecule has 4 nitrogen and oxygen atoms in total. The summed E-state index contributed by atoms with van der Waals surface area (Å²) >= 11 is 0.